The van der Waals surface area contributed by atoms with E-state index < -0.39 is 15.8 Å². The maximum Gasteiger partial charge on any atom is 0.240 e. The van der Waals surface area contributed by atoms with Crippen LogP contribution in [0.15, 0.2) is 23.1 Å². The molecule has 0 aliphatic heterocycles. The number of hydrogen-bond acceptors (Lipinski definition) is 3. The molecule has 4 nitrogen and oxygen atoms in total. The number of halogens is 1. The Hall–Kier alpha value is -1.14. The van der Waals surface area contributed by atoms with Crippen molar-refractivity contribution in [2.45, 2.75) is 43.9 Å². The van der Waals surface area contributed by atoms with Gasteiger partial charge in [-0.1, -0.05) is 26.2 Å². The highest BCUT2D eigenvalue weighted by molar-refractivity contribution is 7.89. The van der Waals surface area contributed by atoms with E-state index in [2.05, 4.69) is 11.6 Å². The molecule has 3 N–H and O–H groups in total. The predicted octanol–water partition coefficient (Wildman–Crippen LogP) is 2.90. The molecule has 1 aromatic carbocycles. The Labute approximate surface area is 126 Å². The lowest BCUT2D eigenvalue weighted by atomic mass is 9.81. The lowest BCUT2D eigenvalue weighted by molar-refractivity contribution is 0.270. The van der Waals surface area contributed by atoms with Gasteiger partial charge in [0.2, 0.25) is 10.0 Å². The van der Waals surface area contributed by atoms with Crippen molar-refractivity contribution in [3.8, 4) is 0 Å². The number of hydrogen-bond donors (Lipinski definition) is 2. The molecule has 0 unspecified atom stereocenters. The molecule has 6 heteroatoms. The Kier molecular flexibility index (Phi) is 5.22. The highest BCUT2D eigenvalue weighted by Crippen LogP contribution is 2.30. The third kappa shape index (κ3) is 4.41. The van der Waals surface area contributed by atoms with Crippen LogP contribution in [0, 0.1) is 17.7 Å². The highest BCUT2D eigenvalue weighted by Gasteiger charge is 2.22. The summed E-state index contributed by atoms with van der Waals surface area (Å²) in [5, 5.41) is 0. The van der Waals surface area contributed by atoms with Gasteiger partial charge >= 0.3 is 0 Å². The van der Waals surface area contributed by atoms with Crippen LogP contribution in [0.2, 0.25) is 0 Å². The third-order valence-corrected chi connectivity index (χ3v) is 5.71. The molecule has 0 aromatic heterocycles. The van der Waals surface area contributed by atoms with Crippen molar-refractivity contribution < 1.29 is 12.8 Å². The summed E-state index contributed by atoms with van der Waals surface area (Å²) in [6, 6.07) is 3.37. The number of benzene rings is 1. The first-order valence-electron chi connectivity index (χ1n) is 7.46. The zero-order valence-electron chi connectivity index (χ0n) is 12.3. The minimum Gasteiger partial charge on any atom is -0.399 e. The molecule has 0 amide bonds. The Morgan fingerprint density at radius 3 is 2.38 bits per heavy atom. The first-order chi connectivity index (χ1) is 9.90. The molecule has 21 heavy (non-hydrogen) atoms. The van der Waals surface area contributed by atoms with Crippen LogP contribution in [-0.4, -0.2) is 15.0 Å². The number of nitrogen functional groups attached to an aromatic ring is 1. The van der Waals surface area contributed by atoms with Crippen LogP contribution < -0.4 is 10.5 Å². The van der Waals surface area contributed by atoms with E-state index in [0.717, 1.165) is 43.7 Å². The first-order valence-corrected chi connectivity index (χ1v) is 8.94. The maximum absolute atomic E-state index is 13.3. The minimum atomic E-state index is -3.69. The molecule has 1 aromatic rings. The number of anilines is 1. The van der Waals surface area contributed by atoms with Gasteiger partial charge in [0.15, 0.2) is 0 Å². The second kappa shape index (κ2) is 6.75. The van der Waals surface area contributed by atoms with Gasteiger partial charge in [0.05, 0.1) is 4.90 Å². The van der Waals surface area contributed by atoms with Gasteiger partial charge in [-0.05, 0) is 42.9 Å². The molecule has 0 saturated heterocycles. The predicted molar refractivity (Wildman–Crippen MR) is 81.7 cm³/mol. The van der Waals surface area contributed by atoms with E-state index in [0.29, 0.717) is 12.5 Å². The smallest absolute Gasteiger partial charge is 0.240 e. The number of rotatable bonds is 5. The molecule has 118 valence electrons. The second-order valence-corrected chi connectivity index (χ2v) is 7.63. The van der Waals surface area contributed by atoms with Gasteiger partial charge in [0.25, 0.3) is 0 Å². The van der Waals surface area contributed by atoms with Crippen LogP contribution in [0.4, 0.5) is 10.1 Å². The number of sulfonamides is 1. The molecule has 0 atom stereocenters. The average Bonchev–Trinajstić information content (AvgIpc) is 2.45. The van der Waals surface area contributed by atoms with E-state index in [1.54, 1.807) is 0 Å². The van der Waals surface area contributed by atoms with Crippen molar-refractivity contribution in [2.24, 2.45) is 11.8 Å². The Morgan fingerprint density at radius 1 is 1.19 bits per heavy atom. The van der Waals surface area contributed by atoms with E-state index in [9.17, 15) is 12.8 Å². The summed E-state index contributed by atoms with van der Waals surface area (Å²) in [5.74, 6) is 0.508. The van der Waals surface area contributed by atoms with Crippen molar-refractivity contribution in [2.75, 3.05) is 12.3 Å². The molecular weight excluding hydrogens is 291 g/mol. The topological polar surface area (TPSA) is 72.2 Å². The Balaban J connectivity index is 1.95. The van der Waals surface area contributed by atoms with Gasteiger partial charge < -0.3 is 5.73 Å². The monoisotopic (exact) mass is 314 g/mol. The molecule has 0 heterocycles. The number of nitrogens with two attached hydrogens (primary N) is 1. The van der Waals surface area contributed by atoms with E-state index in [1.807, 2.05) is 0 Å². The summed E-state index contributed by atoms with van der Waals surface area (Å²) in [7, 11) is -3.69. The van der Waals surface area contributed by atoms with Gasteiger partial charge in [-0.25, -0.2) is 17.5 Å². The fourth-order valence-electron chi connectivity index (χ4n) is 2.89. The normalized spacial score (nSPS) is 23.1. The summed E-state index contributed by atoms with van der Waals surface area (Å²) in [5.41, 5.74) is 5.60. The molecular formula is C15H23FN2O2S. The Morgan fingerprint density at radius 2 is 1.81 bits per heavy atom. The summed E-state index contributed by atoms with van der Waals surface area (Å²) < 4.78 is 40.2. The lowest BCUT2D eigenvalue weighted by Crippen LogP contribution is -2.31. The van der Waals surface area contributed by atoms with E-state index in [-0.39, 0.29) is 10.6 Å². The van der Waals surface area contributed by atoms with Gasteiger partial charge in [-0.2, -0.15) is 0 Å². The Bertz CT molecular complexity index is 561. The van der Waals surface area contributed by atoms with Crippen LogP contribution in [0.3, 0.4) is 0 Å². The molecule has 0 spiro atoms. The zero-order valence-corrected chi connectivity index (χ0v) is 13.1. The van der Waals surface area contributed by atoms with Crippen LogP contribution in [0.1, 0.15) is 39.0 Å². The van der Waals surface area contributed by atoms with Crippen LogP contribution in [-0.2, 0) is 10.0 Å². The molecule has 1 fully saturated rings. The van der Waals surface area contributed by atoms with Crippen LogP contribution >= 0.6 is 0 Å². The highest BCUT2D eigenvalue weighted by atomic mass is 32.2. The van der Waals surface area contributed by atoms with E-state index in [1.165, 1.54) is 12.5 Å². The van der Waals surface area contributed by atoms with Gasteiger partial charge in [-0.15, -0.1) is 0 Å². The minimum absolute atomic E-state index is 0.109. The largest absolute Gasteiger partial charge is 0.399 e. The van der Waals surface area contributed by atoms with E-state index in [4.69, 9.17) is 5.73 Å². The second-order valence-electron chi connectivity index (χ2n) is 5.87. The molecule has 1 aliphatic carbocycles. The summed E-state index contributed by atoms with van der Waals surface area (Å²) in [6.07, 6.45) is 5.62. The quantitative estimate of drug-likeness (QED) is 0.821. The standard InChI is InChI=1S/C15H23FN2O2S/c1-2-11-3-5-12(6-4-11)10-18-21(19,20)15-8-13(16)7-14(17)9-15/h7-9,11-12,18H,2-6,10,17H2,1H3. The molecule has 1 saturated carbocycles. The maximum atomic E-state index is 13.3. The van der Waals surface area contributed by atoms with Crippen molar-refractivity contribution in [3.63, 3.8) is 0 Å². The zero-order chi connectivity index (χ0) is 15.5. The molecule has 1 aliphatic rings. The molecule has 0 bridgehead atoms. The SMILES string of the molecule is CCC1CCC(CNS(=O)(=O)c2cc(N)cc(F)c2)CC1. The molecule has 0 radical (unpaired) electrons. The summed E-state index contributed by atoms with van der Waals surface area (Å²) in [4.78, 5) is -0.109. The van der Waals surface area contributed by atoms with Crippen molar-refractivity contribution >= 4 is 15.7 Å². The van der Waals surface area contributed by atoms with E-state index >= 15 is 0 Å². The summed E-state index contributed by atoms with van der Waals surface area (Å²) >= 11 is 0. The number of nitrogens with one attached hydrogen (secondary N) is 1. The van der Waals surface area contributed by atoms with Gasteiger partial charge in [0, 0.05) is 12.2 Å². The van der Waals surface area contributed by atoms with Gasteiger partial charge in [-0.3, -0.25) is 0 Å². The fourth-order valence-corrected chi connectivity index (χ4v) is 4.08. The third-order valence-electron chi connectivity index (χ3n) is 4.31. The fraction of sp³-hybridized carbons (Fsp3) is 0.600. The molecule has 2 rings (SSSR count). The first kappa shape index (κ1) is 16.2. The lowest BCUT2D eigenvalue weighted by Gasteiger charge is -2.27. The average molecular weight is 314 g/mol. The van der Waals surface area contributed by atoms with Crippen molar-refractivity contribution in [3.05, 3.63) is 24.0 Å². The van der Waals surface area contributed by atoms with Crippen LogP contribution in [0.25, 0.3) is 0 Å². The van der Waals surface area contributed by atoms with Crippen molar-refractivity contribution in [1.82, 2.24) is 4.72 Å². The van der Waals surface area contributed by atoms with Crippen molar-refractivity contribution in [1.29, 1.82) is 0 Å². The summed E-state index contributed by atoms with van der Waals surface area (Å²) in [6.45, 7) is 2.61. The van der Waals surface area contributed by atoms with Crippen LogP contribution in [0.5, 0.6) is 0 Å². The van der Waals surface area contributed by atoms with Gasteiger partial charge in [0.1, 0.15) is 5.82 Å².